The number of likely N-dealkylation sites (N-methyl/N-ethyl adjacent to an activating group) is 1. The van der Waals surface area contributed by atoms with Crippen molar-refractivity contribution < 1.29 is 18.8 Å². The van der Waals surface area contributed by atoms with Crippen LogP contribution in [0.5, 0.6) is 0 Å². The van der Waals surface area contributed by atoms with Crippen molar-refractivity contribution in [1.82, 2.24) is 16.0 Å². The molecule has 3 rings (SSSR count). The van der Waals surface area contributed by atoms with Gasteiger partial charge in [-0.1, -0.05) is 37.5 Å². The first-order chi connectivity index (χ1) is 14.5. The largest absolute Gasteiger partial charge is 0.451 e. The summed E-state index contributed by atoms with van der Waals surface area (Å²) in [4.78, 5) is 36.3. The second-order valence-corrected chi connectivity index (χ2v) is 7.74. The highest BCUT2D eigenvalue weighted by molar-refractivity contribution is 5.96. The van der Waals surface area contributed by atoms with Crippen molar-refractivity contribution in [1.29, 1.82) is 0 Å². The SMILES string of the molecule is CNC(=O)C(NC(=O)c1ccc(-c2cccc(CNC(C)=O)c2)o1)C1CCCCC1. The summed E-state index contributed by atoms with van der Waals surface area (Å²) in [5.41, 5.74) is 1.74. The average molecular weight is 412 g/mol. The zero-order valence-corrected chi connectivity index (χ0v) is 17.5. The van der Waals surface area contributed by atoms with Crippen LogP contribution in [0.3, 0.4) is 0 Å². The minimum Gasteiger partial charge on any atom is -0.451 e. The summed E-state index contributed by atoms with van der Waals surface area (Å²) < 4.78 is 5.78. The van der Waals surface area contributed by atoms with Gasteiger partial charge < -0.3 is 20.4 Å². The van der Waals surface area contributed by atoms with Crippen LogP contribution in [-0.2, 0) is 16.1 Å². The average Bonchev–Trinajstić information content (AvgIpc) is 3.27. The van der Waals surface area contributed by atoms with E-state index in [-0.39, 0.29) is 23.5 Å². The van der Waals surface area contributed by atoms with Crippen LogP contribution in [0.2, 0.25) is 0 Å². The van der Waals surface area contributed by atoms with Gasteiger partial charge in [0.2, 0.25) is 11.8 Å². The van der Waals surface area contributed by atoms with Gasteiger partial charge in [0, 0.05) is 26.1 Å². The molecule has 3 N–H and O–H groups in total. The van der Waals surface area contributed by atoms with Crippen LogP contribution in [0.1, 0.15) is 55.1 Å². The lowest BCUT2D eigenvalue weighted by Gasteiger charge is -2.29. The molecule has 2 aromatic rings. The van der Waals surface area contributed by atoms with Crippen molar-refractivity contribution in [3.63, 3.8) is 0 Å². The maximum Gasteiger partial charge on any atom is 0.287 e. The minimum atomic E-state index is -0.558. The summed E-state index contributed by atoms with van der Waals surface area (Å²) in [6, 6.07) is 10.4. The van der Waals surface area contributed by atoms with E-state index in [2.05, 4.69) is 16.0 Å². The van der Waals surface area contributed by atoms with E-state index in [1.165, 1.54) is 13.3 Å². The number of hydrogen-bond acceptors (Lipinski definition) is 4. The number of furan rings is 1. The van der Waals surface area contributed by atoms with E-state index in [0.717, 1.165) is 36.8 Å². The third-order valence-electron chi connectivity index (χ3n) is 5.52. The van der Waals surface area contributed by atoms with Crippen LogP contribution in [0.25, 0.3) is 11.3 Å². The Kier molecular flexibility index (Phi) is 7.27. The van der Waals surface area contributed by atoms with Crippen molar-refractivity contribution in [3.8, 4) is 11.3 Å². The van der Waals surface area contributed by atoms with E-state index >= 15 is 0 Å². The number of rotatable bonds is 7. The van der Waals surface area contributed by atoms with Crippen molar-refractivity contribution in [2.24, 2.45) is 5.92 Å². The third-order valence-corrected chi connectivity index (χ3v) is 5.52. The number of carbonyl (C=O) groups excluding carboxylic acids is 3. The quantitative estimate of drug-likeness (QED) is 0.652. The van der Waals surface area contributed by atoms with E-state index < -0.39 is 11.9 Å². The van der Waals surface area contributed by atoms with Gasteiger partial charge in [0.05, 0.1) is 0 Å². The Balaban J connectivity index is 1.71. The second-order valence-electron chi connectivity index (χ2n) is 7.74. The maximum atomic E-state index is 12.8. The smallest absolute Gasteiger partial charge is 0.287 e. The fourth-order valence-electron chi connectivity index (χ4n) is 3.91. The topological polar surface area (TPSA) is 100 Å². The molecule has 3 amide bonds. The molecule has 1 unspecified atom stereocenters. The van der Waals surface area contributed by atoms with E-state index in [4.69, 9.17) is 4.42 Å². The fraction of sp³-hybridized carbons (Fsp3) is 0.435. The van der Waals surface area contributed by atoms with Crippen LogP contribution < -0.4 is 16.0 Å². The Bertz CT molecular complexity index is 899. The van der Waals surface area contributed by atoms with Crippen molar-refractivity contribution >= 4 is 17.7 Å². The van der Waals surface area contributed by atoms with Gasteiger partial charge in [-0.15, -0.1) is 0 Å². The molecular weight excluding hydrogens is 382 g/mol. The molecule has 0 spiro atoms. The highest BCUT2D eigenvalue weighted by atomic mass is 16.4. The van der Waals surface area contributed by atoms with E-state index in [1.54, 1.807) is 19.2 Å². The van der Waals surface area contributed by atoms with Gasteiger partial charge in [-0.25, -0.2) is 0 Å². The molecule has 1 aliphatic rings. The van der Waals surface area contributed by atoms with Gasteiger partial charge in [-0.05, 0) is 42.5 Å². The molecule has 0 bridgehead atoms. The van der Waals surface area contributed by atoms with Crippen molar-refractivity contribution in [3.05, 3.63) is 47.7 Å². The first-order valence-electron chi connectivity index (χ1n) is 10.4. The molecule has 1 atom stereocenters. The number of nitrogens with one attached hydrogen (secondary N) is 3. The molecule has 1 aliphatic carbocycles. The predicted molar refractivity (Wildman–Crippen MR) is 114 cm³/mol. The summed E-state index contributed by atoms with van der Waals surface area (Å²) in [7, 11) is 1.59. The van der Waals surface area contributed by atoms with Crippen LogP contribution in [0, 0.1) is 5.92 Å². The highest BCUT2D eigenvalue weighted by Crippen LogP contribution is 2.27. The second kappa shape index (κ2) is 10.1. The van der Waals surface area contributed by atoms with Gasteiger partial charge in [-0.2, -0.15) is 0 Å². The van der Waals surface area contributed by atoms with E-state index in [9.17, 15) is 14.4 Å². The molecule has 1 aromatic carbocycles. The molecule has 1 aromatic heterocycles. The van der Waals surface area contributed by atoms with Gasteiger partial charge in [0.25, 0.3) is 5.91 Å². The first-order valence-corrected chi connectivity index (χ1v) is 10.4. The Morgan fingerprint density at radius 2 is 1.87 bits per heavy atom. The van der Waals surface area contributed by atoms with Gasteiger partial charge >= 0.3 is 0 Å². The van der Waals surface area contributed by atoms with E-state index in [0.29, 0.717) is 12.3 Å². The monoisotopic (exact) mass is 411 g/mol. The lowest BCUT2D eigenvalue weighted by atomic mass is 9.83. The molecule has 1 heterocycles. The van der Waals surface area contributed by atoms with Crippen molar-refractivity contribution in [2.75, 3.05) is 7.05 Å². The summed E-state index contributed by atoms with van der Waals surface area (Å²) in [6.07, 6.45) is 5.20. The van der Waals surface area contributed by atoms with E-state index in [1.807, 2.05) is 24.3 Å². The summed E-state index contributed by atoms with van der Waals surface area (Å²) in [5.74, 6) is 0.201. The molecule has 160 valence electrons. The molecule has 7 heteroatoms. The third kappa shape index (κ3) is 5.49. The van der Waals surface area contributed by atoms with Crippen molar-refractivity contribution in [2.45, 2.75) is 51.6 Å². The number of benzene rings is 1. The summed E-state index contributed by atoms with van der Waals surface area (Å²) in [6.45, 7) is 1.90. The zero-order chi connectivity index (χ0) is 21.5. The normalized spacial score (nSPS) is 15.3. The highest BCUT2D eigenvalue weighted by Gasteiger charge is 2.31. The van der Waals surface area contributed by atoms with Gasteiger partial charge in [-0.3, -0.25) is 14.4 Å². The first kappa shape index (κ1) is 21.6. The number of carbonyl (C=O) groups is 3. The summed E-state index contributed by atoms with van der Waals surface area (Å²) in [5, 5.41) is 8.29. The molecule has 0 saturated heterocycles. The van der Waals surface area contributed by atoms with Crippen LogP contribution in [-0.4, -0.2) is 30.8 Å². The molecule has 0 radical (unpaired) electrons. The minimum absolute atomic E-state index is 0.0963. The lowest BCUT2D eigenvalue weighted by molar-refractivity contribution is -0.124. The molecule has 0 aliphatic heterocycles. The summed E-state index contributed by atoms with van der Waals surface area (Å²) >= 11 is 0. The Hall–Kier alpha value is -3.09. The Morgan fingerprint density at radius 3 is 2.57 bits per heavy atom. The molecule has 7 nitrogen and oxygen atoms in total. The number of amides is 3. The molecule has 1 fully saturated rings. The molecule has 1 saturated carbocycles. The van der Waals surface area contributed by atoms with Crippen LogP contribution in [0.4, 0.5) is 0 Å². The maximum absolute atomic E-state index is 12.8. The zero-order valence-electron chi connectivity index (χ0n) is 17.5. The van der Waals surface area contributed by atoms with Crippen LogP contribution >= 0.6 is 0 Å². The standard InChI is InChI=1S/C23H29N3O4/c1-15(27)25-14-16-7-6-10-18(13-16)19-11-12-20(30-19)22(28)26-21(23(29)24-2)17-8-4-3-5-9-17/h6-7,10-13,17,21H,3-5,8-9,14H2,1-2H3,(H,24,29)(H,25,27)(H,26,28). The predicted octanol–water partition coefficient (Wildman–Crippen LogP) is 3.01. The Morgan fingerprint density at radius 1 is 1.10 bits per heavy atom. The van der Waals surface area contributed by atoms with Crippen LogP contribution in [0.15, 0.2) is 40.8 Å². The number of hydrogen-bond donors (Lipinski definition) is 3. The molecular formula is C23H29N3O4. The fourth-order valence-corrected chi connectivity index (χ4v) is 3.91. The van der Waals surface area contributed by atoms with Gasteiger partial charge in [0.15, 0.2) is 5.76 Å². The lowest BCUT2D eigenvalue weighted by Crippen LogP contribution is -2.50. The molecule has 30 heavy (non-hydrogen) atoms. The Labute approximate surface area is 176 Å². The van der Waals surface area contributed by atoms with Gasteiger partial charge in [0.1, 0.15) is 11.8 Å².